The zero-order valence-corrected chi connectivity index (χ0v) is 40.9. The maximum atomic E-state index is 12.3. The smallest absolute Gasteiger partial charge is 0.348 e. The summed E-state index contributed by atoms with van der Waals surface area (Å²) in [6.45, 7) is 7.66. The Morgan fingerprint density at radius 1 is 0.609 bits per heavy atom. The third kappa shape index (κ3) is 12.5. The van der Waals surface area contributed by atoms with E-state index in [4.69, 9.17) is 27.5 Å². The molecule has 69 heavy (non-hydrogen) atoms. The minimum absolute atomic E-state index is 0.000336. The van der Waals surface area contributed by atoms with Crippen LogP contribution in [0.5, 0.6) is 11.5 Å². The number of rotatable bonds is 18. The monoisotopic (exact) mass is 978 g/mol. The van der Waals surface area contributed by atoms with Gasteiger partial charge in [0.05, 0.1) is 29.5 Å². The molecule has 4 heterocycles. The van der Waals surface area contributed by atoms with Gasteiger partial charge < -0.3 is 23.4 Å². The molecule has 5 aromatic carbocycles. The highest BCUT2D eigenvalue weighted by atomic mass is 32.2. The van der Waals surface area contributed by atoms with Gasteiger partial charge in [-0.15, -0.1) is 22.7 Å². The standard InChI is InChI=1S/C32H29NO5S.C23H21NO4S2/c1-22-28(33-30(37-22)25-14-12-24(13-15-25)29-9-6-20-39-29)18-19-36-26-16-10-23(11-17-26)21-32(2,31(34)35)38-27-7-4-3-5-8-27;1-16-5-11-20(12-6-16)30(25,26)27-14-13-21-17(2)28-23(24-21)19-9-7-18(8-10-19)22-4-3-15-29-22/h3-17,20H,18-19,21H2,1-2H3,(H,34,35);3-12,15H,13-14H2,1-2H3. The number of hydrogen-bond donors (Lipinski definition) is 1. The highest BCUT2D eigenvalue weighted by Crippen LogP contribution is 2.31. The van der Waals surface area contributed by atoms with Gasteiger partial charge in [0.1, 0.15) is 23.0 Å². The van der Waals surface area contributed by atoms with Gasteiger partial charge >= 0.3 is 5.97 Å². The Morgan fingerprint density at radius 3 is 1.61 bits per heavy atom. The van der Waals surface area contributed by atoms with Crippen molar-refractivity contribution < 1.29 is 40.8 Å². The summed E-state index contributed by atoms with van der Waals surface area (Å²) in [6, 6.07) is 47.5. The van der Waals surface area contributed by atoms with Crippen molar-refractivity contribution in [3.05, 3.63) is 196 Å². The predicted octanol–water partition coefficient (Wildman–Crippen LogP) is 13.1. The molecule has 0 aliphatic heterocycles. The molecule has 0 bridgehead atoms. The van der Waals surface area contributed by atoms with Gasteiger partial charge in [-0.05, 0) is 128 Å². The van der Waals surface area contributed by atoms with E-state index in [0.717, 1.165) is 39.3 Å². The molecule has 1 atom stereocenters. The van der Waals surface area contributed by atoms with E-state index in [-0.39, 0.29) is 17.9 Å². The lowest BCUT2D eigenvalue weighted by molar-refractivity contribution is -0.153. The molecular weight excluding hydrogens is 929 g/mol. The summed E-state index contributed by atoms with van der Waals surface area (Å²) in [7, 11) is -3.79. The van der Waals surface area contributed by atoms with Crippen LogP contribution in [-0.4, -0.2) is 48.3 Å². The van der Waals surface area contributed by atoms with E-state index < -0.39 is 21.7 Å². The molecule has 0 amide bonds. The van der Waals surface area contributed by atoms with Crippen molar-refractivity contribution in [3.8, 4) is 55.3 Å². The Labute approximate surface area is 409 Å². The van der Waals surface area contributed by atoms with Crippen molar-refractivity contribution in [2.75, 3.05) is 13.2 Å². The summed E-state index contributed by atoms with van der Waals surface area (Å²) in [5.74, 6) is 2.74. The molecule has 0 saturated carbocycles. The molecular formula is C55H50N2O9S3. The lowest BCUT2D eigenvalue weighted by Crippen LogP contribution is -2.43. The summed E-state index contributed by atoms with van der Waals surface area (Å²) in [4.78, 5) is 23.8. The first kappa shape index (κ1) is 48.4. The fraction of sp³-hybridized carbons (Fsp3) is 0.182. The van der Waals surface area contributed by atoms with Gasteiger partial charge in [-0.3, -0.25) is 4.18 Å². The molecule has 11 nitrogen and oxygen atoms in total. The number of thiophene rings is 2. The van der Waals surface area contributed by atoms with E-state index in [0.29, 0.717) is 54.2 Å². The van der Waals surface area contributed by atoms with Crippen LogP contribution >= 0.6 is 22.7 Å². The van der Waals surface area contributed by atoms with Crippen LogP contribution in [0.15, 0.2) is 176 Å². The average Bonchev–Trinajstić information content (AvgIpc) is 4.21. The normalized spacial score (nSPS) is 12.2. The van der Waals surface area contributed by atoms with E-state index in [1.165, 1.54) is 15.3 Å². The summed E-state index contributed by atoms with van der Waals surface area (Å²) in [5, 5.41) is 13.9. The summed E-state index contributed by atoms with van der Waals surface area (Å²) in [5.41, 5.74) is 6.11. The first-order valence-corrected chi connectivity index (χ1v) is 25.4. The number of ether oxygens (including phenoxy) is 2. The second-order valence-electron chi connectivity index (χ2n) is 16.4. The molecule has 0 fully saturated rings. The molecule has 0 radical (unpaired) electrons. The first-order chi connectivity index (χ1) is 33.3. The van der Waals surface area contributed by atoms with E-state index in [1.54, 1.807) is 66.0 Å². The first-order valence-electron chi connectivity index (χ1n) is 22.2. The predicted molar refractivity (Wildman–Crippen MR) is 270 cm³/mol. The maximum Gasteiger partial charge on any atom is 0.348 e. The minimum Gasteiger partial charge on any atom is -0.493 e. The SMILES string of the molecule is Cc1ccc(S(=O)(=O)OCCc2nc(-c3ccc(-c4cccs4)cc3)oc2C)cc1.Cc1oc(-c2ccc(-c3cccs3)cc2)nc1CCOc1ccc(CC(C)(Oc2ccccc2)C(=O)O)cc1. The second kappa shape index (κ2) is 21.9. The topological polar surface area (TPSA) is 151 Å². The molecule has 0 spiro atoms. The number of carbonyl (C=O) groups is 1. The van der Waals surface area contributed by atoms with Crippen LogP contribution in [0.25, 0.3) is 43.8 Å². The largest absolute Gasteiger partial charge is 0.493 e. The van der Waals surface area contributed by atoms with Crippen molar-refractivity contribution >= 4 is 38.8 Å². The van der Waals surface area contributed by atoms with Crippen molar-refractivity contribution in [1.82, 2.24) is 9.97 Å². The summed E-state index contributed by atoms with van der Waals surface area (Å²) >= 11 is 3.41. The van der Waals surface area contributed by atoms with Gasteiger partial charge in [-0.2, -0.15) is 8.42 Å². The number of aliphatic carboxylic acids is 1. The molecule has 14 heteroatoms. The minimum atomic E-state index is -3.79. The zero-order valence-electron chi connectivity index (χ0n) is 38.5. The molecule has 9 rings (SSSR count). The van der Waals surface area contributed by atoms with Crippen molar-refractivity contribution in [2.45, 2.75) is 57.5 Å². The van der Waals surface area contributed by atoms with Crippen LogP contribution in [0, 0.1) is 20.8 Å². The van der Waals surface area contributed by atoms with Gasteiger partial charge in [-0.25, -0.2) is 14.8 Å². The van der Waals surface area contributed by atoms with Crippen LogP contribution < -0.4 is 9.47 Å². The van der Waals surface area contributed by atoms with Gasteiger partial charge in [0.25, 0.3) is 10.1 Å². The van der Waals surface area contributed by atoms with E-state index >= 15 is 0 Å². The number of carboxylic acid groups (broad SMARTS) is 1. The van der Waals surface area contributed by atoms with E-state index in [2.05, 4.69) is 34.6 Å². The third-order valence-electron chi connectivity index (χ3n) is 11.2. The fourth-order valence-electron chi connectivity index (χ4n) is 7.29. The Morgan fingerprint density at radius 2 is 1.12 bits per heavy atom. The number of aryl methyl sites for hydroxylation is 3. The second-order valence-corrected chi connectivity index (χ2v) is 19.9. The van der Waals surface area contributed by atoms with Crippen molar-refractivity contribution in [2.24, 2.45) is 0 Å². The molecule has 4 aromatic heterocycles. The summed E-state index contributed by atoms with van der Waals surface area (Å²) in [6.07, 6.45) is 1.16. The van der Waals surface area contributed by atoms with Crippen LogP contribution in [0.3, 0.4) is 0 Å². The average molecular weight is 979 g/mol. The van der Waals surface area contributed by atoms with E-state index in [1.807, 2.05) is 117 Å². The quantitative estimate of drug-likeness (QED) is 0.0818. The summed E-state index contributed by atoms with van der Waals surface area (Å²) < 4.78 is 53.3. The zero-order chi connectivity index (χ0) is 48.4. The molecule has 352 valence electrons. The Bertz CT molecular complexity index is 3170. The molecule has 0 saturated heterocycles. The van der Waals surface area contributed by atoms with Gasteiger partial charge in [-0.1, -0.05) is 84.4 Å². The molecule has 1 unspecified atom stereocenters. The molecule has 9 aromatic rings. The fourth-order valence-corrected chi connectivity index (χ4v) is 9.66. The van der Waals surface area contributed by atoms with Gasteiger partial charge in [0, 0.05) is 40.1 Å². The number of hydrogen-bond acceptors (Lipinski definition) is 12. The third-order valence-corrected chi connectivity index (χ3v) is 14.3. The maximum absolute atomic E-state index is 12.3. The number of oxazole rings is 2. The van der Waals surface area contributed by atoms with Crippen molar-refractivity contribution in [3.63, 3.8) is 0 Å². The van der Waals surface area contributed by atoms with Gasteiger partial charge in [0.15, 0.2) is 0 Å². The highest BCUT2D eigenvalue weighted by molar-refractivity contribution is 7.86. The lowest BCUT2D eigenvalue weighted by atomic mass is 9.96. The molecule has 0 aliphatic rings. The van der Waals surface area contributed by atoms with Crippen LogP contribution in [0.2, 0.25) is 0 Å². The Kier molecular flexibility index (Phi) is 15.3. The van der Waals surface area contributed by atoms with Gasteiger partial charge in [0.2, 0.25) is 17.4 Å². The van der Waals surface area contributed by atoms with E-state index in [9.17, 15) is 18.3 Å². The van der Waals surface area contributed by atoms with Crippen LogP contribution in [-0.2, 0) is 38.4 Å². The van der Waals surface area contributed by atoms with Crippen LogP contribution in [0.1, 0.15) is 41.0 Å². The number of para-hydroxylation sites is 1. The number of nitrogens with zero attached hydrogens (tertiary/aromatic N) is 2. The Hall–Kier alpha value is -7.10. The number of aromatic nitrogens is 2. The van der Waals surface area contributed by atoms with Crippen molar-refractivity contribution in [1.29, 1.82) is 0 Å². The lowest BCUT2D eigenvalue weighted by Gasteiger charge is -2.26. The number of carboxylic acids is 1. The number of benzene rings is 5. The highest BCUT2D eigenvalue weighted by Gasteiger charge is 2.36. The molecule has 0 aliphatic carbocycles. The molecule has 1 N–H and O–H groups in total. The Balaban J connectivity index is 0.000000192. The van der Waals surface area contributed by atoms with Crippen LogP contribution in [0.4, 0.5) is 0 Å².